The van der Waals surface area contributed by atoms with E-state index < -0.39 is 5.97 Å². The van der Waals surface area contributed by atoms with E-state index in [-0.39, 0.29) is 0 Å². The third-order valence-corrected chi connectivity index (χ3v) is 7.77. The predicted octanol–water partition coefficient (Wildman–Crippen LogP) is 11.7. The summed E-state index contributed by atoms with van der Waals surface area (Å²) in [7, 11) is 0. The second-order valence-corrected chi connectivity index (χ2v) is 11.8. The Morgan fingerprint density at radius 3 is 1.13 bits per heavy atom. The van der Waals surface area contributed by atoms with Gasteiger partial charge in [-0.15, -0.1) is 0 Å². The molecule has 0 saturated carbocycles. The fourth-order valence-corrected chi connectivity index (χ4v) is 5.15. The lowest BCUT2D eigenvalue weighted by molar-refractivity contribution is -0.137. The zero-order chi connectivity index (χ0) is 28.3. The maximum Gasteiger partial charge on any atom is 0.303 e. The van der Waals surface area contributed by atoms with Crippen LogP contribution in [-0.4, -0.2) is 24.2 Å². The molecule has 0 aromatic heterocycles. The van der Waals surface area contributed by atoms with Gasteiger partial charge in [0, 0.05) is 6.42 Å². The molecule has 0 saturated heterocycles. The van der Waals surface area contributed by atoms with Gasteiger partial charge in [0.15, 0.2) is 0 Å². The van der Waals surface area contributed by atoms with Crippen molar-refractivity contribution >= 4 is 5.97 Å². The maximum atomic E-state index is 10.5. The Bertz CT molecular complexity index is 528. The van der Waals surface area contributed by atoms with Crippen LogP contribution >= 0.6 is 0 Å². The molecule has 0 bridgehead atoms. The summed E-state index contributed by atoms with van der Waals surface area (Å²) >= 11 is 0. The van der Waals surface area contributed by atoms with Crippen molar-refractivity contribution in [2.24, 2.45) is 0 Å². The molecule has 0 unspecified atom stereocenters. The summed E-state index contributed by atoms with van der Waals surface area (Å²) in [5, 5.41) is 12.3. The van der Waals surface area contributed by atoms with Crippen LogP contribution in [0.1, 0.15) is 187 Å². The van der Waals surface area contributed by atoms with Gasteiger partial charge in [-0.3, -0.25) is 4.79 Å². The maximum absolute atomic E-state index is 10.5. The van der Waals surface area contributed by atoms with Crippen LogP contribution in [0.25, 0.3) is 0 Å². The van der Waals surface area contributed by atoms with Crippen molar-refractivity contribution in [1.29, 1.82) is 0 Å². The molecular weight excluding hydrogens is 478 g/mol. The number of hydrogen-bond acceptors (Lipinski definition) is 2. The van der Waals surface area contributed by atoms with E-state index in [2.05, 4.69) is 36.5 Å². The van der Waals surface area contributed by atoms with Gasteiger partial charge in [-0.25, -0.2) is 0 Å². The van der Waals surface area contributed by atoms with Crippen molar-refractivity contribution in [2.45, 2.75) is 187 Å². The normalized spacial score (nSPS) is 11.8. The van der Waals surface area contributed by atoms with Crippen LogP contribution in [0.4, 0.5) is 0 Å². The Morgan fingerprint density at radius 1 is 0.462 bits per heavy atom. The molecule has 0 rings (SSSR count). The van der Waals surface area contributed by atoms with Gasteiger partial charge in [0.25, 0.3) is 0 Å². The minimum Gasteiger partial charge on any atom is -0.481 e. The first-order chi connectivity index (χ1) is 19.3. The molecule has 230 valence electrons. The highest BCUT2D eigenvalue weighted by Crippen LogP contribution is 2.11. The number of aliphatic carboxylic acids is 1. The number of carboxylic acids is 1. The summed E-state index contributed by atoms with van der Waals surface area (Å²) in [5.74, 6) is -0.662. The number of rotatable bonds is 33. The predicted molar refractivity (Wildman–Crippen MR) is 174 cm³/mol. The number of carboxylic acid groups (broad SMARTS) is 1. The molecule has 0 aliphatic carbocycles. The third-order valence-electron chi connectivity index (χ3n) is 7.77. The lowest BCUT2D eigenvalue weighted by Gasteiger charge is -2.05. The van der Waals surface area contributed by atoms with E-state index in [1.165, 1.54) is 174 Å². The number of carbonyl (C=O) groups is 1. The van der Waals surface area contributed by atoms with Gasteiger partial charge >= 0.3 is 5.97 Å². The Kier molecular flexibility index (Phi) is 34.0. The molecule has 0 fully saturated rings. The second kappa shape index (κ2) is 34.9. The van der Waals surface area contributed by atoms with E-state index in [4.69, 9.17) is 5.11 Å². The second-order valence-electron chi connectivity index (χ2n) is 11.8. The van der Waals surface area contributed by atoms with Gasteiger partial charge in [-0.2, -0.15) is 0 Å². The van der Waals surface area contributed by atoms with Gasteiger partial charge in [-0.05, 0) is 83.7 Å². The van der Waals surface area contributed by atoms with Crippen molar-refractivity contribution in [3.05, 3.63) is 24.3 Å². The van der Waals surface area contributed by atoms with Crippen LogP contribution < -0.4 is 5.32 Å². The molecule has 3 heteroatoms. The standard InChI is InChI=1S/C36H69NO2/c1-2-3-4-5-6-7-8-9-10-13-16-19-22-25-28-31-34-37-35-32-29-26-23-20-17-14-11-12-15-18-21-24-27-30-33-36(38)39/h9-12,37H,2-8,13-35H2,1H3,(H,38,39). The van der Waals surface area contributed by atoms with Crippen LogP contribution in [0.5, 0.6) is 0 Å². The minimum absolute atomic E-state index is 0.328. The third kappa shape index (κ3) is 36.9. The fraction of sp³-hybridized carbons (Fsp3) is 0.861. The SMILES string of the molecule is CCCCCCCCC=CCCCCCCCCNCCCCCCCCC=CCCCCCCCC(=O)O. The van der Waals surface area contributed by atoms with Gasteiger partial charge in [0.2, 0.25) is 0 Å². The fourth-order valence-electron chi connectivity index (χ4n) is 5.15. The van der Waals surface area contributed by atoms with Crippen molar-refractivity contribution < 1.29 is 9.90 Å². The van der Waals surface area contributed by atoms with Crippen LogP contribution in [-0.2, 0) is 4.79 Å². The van der Waals surface area contributed by atoms with E-state index in [0.717, 1.165) is 12.8 Å². The summed E-state index contributed by atoms with van der Waals surface area (Å²) in [6.45, 7) is 4.70. The van der Waals surface area contributed by atoms with E-state index in [1.54, 1.807) is 0 Å². The Balaban J connectivity index is 3.11. The molecule has 0 spiro atoms. The number of unbranched alkanes of at least 4 members (excludes halogenated alkanes) is 23. The largest absolute Gasteiger partial charge is 0.481 e. The average Bonchev–Trinajstić information content (AvgIpc) is 2.93. The zero-order valence-electron chi connectivity index (χ0n) is 26.4. The summed E-state index contributed by atoms with van der Waals surface area (Å²) in [5.41, 5.74) is 0. The Morgan fingerprint density at radius 2 is 0.769 bits per heavy atom. The molecular formula is C36H69NO2. The van der Waals surface area contributed by atoms with Crippen LogP contribution in [0, 0.1) is 0 Å². The monoisotopic (exact) mass is 548 g/mol. The highest BCUT2D eigenvalue weighted by atomic mass is 16.4. The molecule has 2 N–H and O–H groups in total. The summed E-state index contributed by atoms with van der Waals surface area (Å²) in [6.07, 6.45) is 45.4. The summed E-state index contributed by atoms with van der Waals surface area (Å²) < 4.78 is 0. The zero-order valence-corrected chi connectivity index (χ0v) is 26.4. The van der Waals surface area contributed by atoms with Gasteiger partial charge in [0.05, 0.1) is 0 Å². The lowest BCUT2D eigenvalue weighted by atomic mass is 10.1. The average molecular weight is 548 g/mol. The molecule has 0 amide bonds. The van der Waals surface area contributed by atoms with Crippen molar-refractivity contribution in [3.63, 3.8) is 0 Å². The van der Waals surface area contributed by atoms with Crippen molar-refractivity contribution in [2.75, 3.05) is 13.1 Å². The van der Waals surface area contributed by atoms with Crippen LogP contribution in [0.3, 0.4) is 0 Å². The smallest absolute Gasteiger partial charge is 0.303 e. The molecule has 0 heterocycles. The first-order valence-corrected chi connectivity index (χ1v) is 17.5. The lowest BCUT2D eigenvalue weighted by Crippen LogP contribution is -2.16. The highest BCUT2D eigenvalue weighted by Gasteiger charge is 1.96. The molecule has 0 aliphatic rings. The van der Waals surface area contributed by atoms with E-state index >= 15 is 0 Å². The van der Waals surface area contributed by atoms with Crippen molar-refractivity contribution in [1.82, 2.24) is 5.32 Å². The van der Waals surface area contributed by atoms with E-state index in [9.17, 15) is 4.79 Å². The van der Waals surface area contributed by atoms with Gasteiger partial charge < -0.3 is 10.4 Å². The number of nitrogens with one attached hydrogen (secondary N) is 1. The molecule has 0 radical (unpaired) electrons. The molecule has 3 nitrogen and oxygen atoms in total. The molecule has 0 aromatic carbocycles. The van der Waals surface area contributed by atoms with Crippen molar-refractivity contribution in [3.8, 4) is 0 Å². The summed E-state index contributed by atoms with van der Waals surface area (Å²) in [6, 6.07) is 0. The van der Waals surface area contributed by atoms with Crippen LogP contribution in [0.15, 0.2) is 24.3 Å². The number of allylic oxidation sites excluding steroid dienone is 4. The topological polar surface area (TPSA) is 49.3 Å². The minimum atomic E-state index is -0.662. The first-order valence-electron chi connectivity index (χ1n) is 17.5. The van der Waals surface area contributed by atoms with E-state index in [1.807, 2.05) is 0 Å². The quantitative estimate of drug-likeness (QED) is 0.0634. The molecule has 0 aromatic rings. The Labute approximate surface area is 245 Å². The molecule has 0 aliphatic heterocycles. The summed E-state index contributed by atoms with van der Waals surface area (Å²) in [4.78, 5) is 10.5. The van der Waals surface area contributed by atoms with E-state index in [0.29, 0.717) is 6.42 Å². The highest BCUT2D eigenvalue weighted by molar-refractivity contribution is 5.66. The molecule has 39 heavy (non-hydrogen) atoms. The van der Waals surface area contributed by atoms with Crippen LogP contribution in [0.2, 0.25) is 0 Å². The first kappa shape index (κ1) is 37.9. The Hall–Kier alpha value is -1.09. The van der Waals surface area contributed by atoms with Gasteiger partial charge in [-0.1, -0.05) is 134 Å². The number of hydrogen-bond donors (Lipinski definition) is 2. The van der Waals surface area contributed by atoms with Gasteiger partial charge in [0.1, 0.15) is 0 Å². The molecule has 0 atom stereocenters.